The summed E-state index contributed by atoms with van der Waals surface area (Å²) in [6.45, 7) is 6.13. The van der Waals surface area contributed by atoms with Crippen LogP contribution in [0.2, 0.25) is 0 Å². The SMILES string of the molecule is OC(CNCCN1CCOCC1)c1cccnc1. The molecule has 0 spiro atoms. The Balaban J connectivity index is 1.60. The standard InChI is InChI=1S/C13H21N3O2/c17-13(12-2-1-3-14-10-12)11-15-4-5-16-6-8-18-9-7-16/h1-3,10,13,15,17H,4-9,11H2. The van der Waals surface area contributed by atoms with Crippen molar-refractivity contribution in [3.8, 4) is 0 Å². The second-order valence-electron chi connectivity index (χ2n) is 4.46. The normalized spacial score (nSPS) is 18.7. The smallest absolute Gasteiger partial charge is 0.0929 e. The van der Waals surface area contributed by atoms with Gasteiger partial charge in [0.05, 0.1) is 19.3 Å². The van der Waals surface area contributed by atoms with E-state index in [1.165, 1.54) is 0 Å². The van der Waals surface area contributed by atoms with E-state index in [1.807, 2.05) is 12.1 Å². The summed E-state index contributed by atoms with van der Waals surface area (Å²) in [4.78, 5) is 6.37. The molecule has 2 N–H and O–H groups in total. The van der Waals surface area contributed by atoms with Gasteiger partial charge in [0.2, 0.25) is 0 Å². The molecule has 18 heavy (non-hydrogen) atoms. The summed E-state index contributed by atoms with van der Waals surface area (Å²) in [5, 5.41) is 13.2. The van der Waals surface area contributed by atoms with Gasteiger partial charge in [-0.15, -0.1) is 0 Å². The molecular weight excluding hydrogens is 230 g/mol. The van der Waals surface area contributed by atoms with Crippen LogP contribution in [0.5, 0.6) is 0 Å². The highest BCUT2D eigenvalue weighted by molar-refractivity contribution is 5.11. The zero-order chi connectivity index (χ0) is 12.6. The fraction of sp³-hybridized carbons (Fsp3) is 0.615. The maximum Gasteiger partial charge on any atom is 0.0929 e. The van der Waals surface area contributed by atoms with Gasteiger partial charge in [-0.25, -0.2) is 0 Å². The van der Waals surface area contributed by atoms with E-state index in [9.17, 15) is 5.11 Å². The summed E-state index contributed by atoms with van der Waals surface area (Å²) in [6, 6.07) is 3.73. The van der Waals surface area contributed by atoms with Gasteiger partial charge in [0.15, 0.2) is 0 Å². The number of aliphatic hydroxyl groups is 1. The third kappa shape index (κ3) is 4.34. The van der Waals surface area contributed by atoms with Gasteiger partial charge in [-0.3, -0.25) is 9.88 Å². The quantitative estimate of drug-likeness (QED) is 0.699. The molecule has 2 heterocycles. The first kappa shape index (κ1) is 13.4. The van der Waals surface area contributed by atoms with Crippen LogP contribution in [0, 0.1) is 0 Å². The first-order chi connectivity index (χ1) is 8.86. The second-order valence-corrected chi connectivity index (χ2v) is 4.46. The molecule has 1 aromatic rings. The molecule has 1 aliphatic rings. The van der Waals surface area contributed by atoms with Crippen LogP contribution in [0.4, 0.5) is 0 Å². The summed E-state index contributed by atoms with van der Waals surface area (Å²) in [5.74, 6) is 0. The summed E-state index contributed by atoms with van der Waals surface area (Å²) >= 11 is 0. The minimum absolute atomic E-state index is 0.483. The average Bonchev–Trinajstić information content (AvgIpc) is 2.45. The molecule has 0 bridgehead atoms. The number of rotatable bonds is 6. The lowest BCUT2D eigenvalue weighted by Gasteiger charge is -2.26. The average molecular weight is 251 g/mol. The summed E-state index contributed by atoms with van der Waals surface area (Å²) in [6.07, 6.45) is 2.93. The lowest BCUT2D eigenvalue weighted by molar-refractivity contribution is 0.0380. The topological polar surface area (TPSA) is 57.6 Å². The van der Waals surface area contributed by atoms with Gasteiger partial charge in [-0.05, 0) is 6.07 Å². The molecule has 1 fully saturated rings. The Morgan fingerprint density at radius 2 is 2.28 bits per heavy atom. The largest absolute Gasteiger partial charge is 0.387 e. The predicted molar refractivity (Wildman–Crippen MR) is 69.3 cm³/mol. The van der Waals surface area contributed by atoms with Gasteiger partial charge in [-0.2, -0.15) is 0 Å². The minimum Gasteiger partial charge on any atom is -0.387 e. The number of ether oxygens (including phenoxy) is 1. The molecule has 0 saturated carbocycles. The van der Waals surface area contributed by atoms with Crippen molar-refractivity contribution in [3.05, 3.63) is 30.1 Å². The van der Waals surface area contributed by atoms with Gasteiger partial charge in [-0.1, -0.05) is 6.07 Å². The van der Waals surface area contributed by atoms with E-state index < -0.39 is 6.10 Å². The summed E-state index contributed by atoms with van der Waals surface area (Å²) < 4.78 is 5.29. The highest BCUT2D eigenvalue weighted by atomic mass is 16.5. The van der Waals surface area contributed by atoms with Crippen molar-refractivity contribution in [2.24, 2.45) is 0 Å². The van der Waals surface area contributed by atoms with E-state index >= 15 is 0 Å². The van der Waals surface area contributed by atoms with Crippen molar-refractivity contribution in [3.63, 3.8) is 0 Å². The van der Waals surface area contributed by atoms with Crippen molar-refractivity contribution in [1.82, 2.24) is 15.2 Å². The fourth-order valence-corrected chi connectivity index (χ4v) is 1.99. The van der Waals surface area contributed by atoms with E-state index in [4.69, 9.17) is 4.74 Å². The van der Waals surface area contributed by atoms with Crippen LogP contribution in [-0.4, -0.2) is 60.9 Å². The molecule has 0 radical (unpaired) electrons. The Labute approximate surface area is 108 Å². The number of nitrogens with zero attached hydrogens (tertiary/aromatic N) is 2. The molecule has 5 nitrogen and oxygen atoms in total. The highest BCUT2D eigenvalue weighted by Gasteiger charge is 2.10. The zero-order valence-electron chi connectivity index (χ0n) is 10.6. The molecule has 1 aliphatic heterocycles. The number of hydrogen-bond donors (Lipinski definition) is 2. The Kier molecular flexibility index (Phi) is 5.54. The molecule has 5 heteroatoms. The molecule has 1 atom stereocenters. The van der Waals surface area contributed by atoms with Gasteiger partial charge in [0.1, 0.15) is 0 Å². The van der Waals surface area contributed by atoms with Gasteiger partial charge in [0.25, 0.3) is 0 Å². The predicted octanol–water partition coefficient (Wildman–Crippen LogP) is 0.0368. The molecule has 0 aliphatic carbocycles. The number of aromatic nitrogens is 1. The van der Waals surface area contributed by atoms with E-state index in [2.05, 4.69) is 15.2 Å². The highest BCUT2D eigenvalue weighted by Crippen LogP contribution is 2.08. The third-order valence-corrected chi connectivity index (χ3v) is 3.12. The molecule has 0 aromatic carbocycles. The molecular formula is C13H21N3O2. The number of pyridine rings is 1. The Hall–Kier alpha value is -1.01. The van der Waals surface area contributed by atoms with E-state index in [0.717, 1.165) is 45.0 Å². The molecule has 1 unspecified atom stereocenters. The van der Waals surface area contributed by atoms with Crippen LogP contribution in [-0.2, 0) is 4.74 Å². The maximum absolute atomic E-state index is 9.92. The van der Waals surface area contributed by atoms with Crippen LogP contribution in [0.15, 0.2) is 24.5 Å². The summed E-state index contributed by atoms with van der Waals surface area (Å²) in [5.41, 5.74) is 0.858. The first-order valence-electron chi connectivity index (χ1n) is 6.45. The number of hydrogen-bond acceptors (Lipinski definition) is 5. The van der Waals surface area contributed by atoms with Crippen molar-refractivity contribution in [2.75, 3.05) is 45.9 Å². The number of nitrogens with one attached hydrogen (secondary N) is 1. The van der Waals surface area contributed by atoms with Crippen molar-refractivity contribution in [1.29, 1.82) is 0 Å². The van der Waals surface area contributed by atoms with E-state index in [-0.39, 0.29) is 0 Å². The van der Waals surface area contributed by atoms with Crippen LogP contribution in [0.25, 0.3) is 0 Å². The van der Waals surface area contributed by atoms with Crippen LogP contribution >= 0.6 is 0 Å². The van der Waals surface area contributed by atoms with Crippen LogP contribution < -0.4 is 5.32 Å². The van der Waals surface area contributed by atoms with Gasteiger partial charge in [0, 0.05) is 50.7 Å². The Morgan fingerprint density at radius 1 is 1.44 bits per heavy atom. The van der Waals surface area contributed by atoms with Gasteiger partial charge < -0.3 is 15.2 Å². The molecule has 0 amide bonds. The lowest BCUT2D eigenvalue weighted by atomic mass is 10.1. The number of aliphatic hydroxyl groups excluding tert-OH is 1. The monoisotopic (exact) mass is 251 g/mol. The molecule has 100 valence electrons. The van der Waals surface area contributed by atoms with Gasteiger partial charge >= 0.3 is 0 Å². The summed E-state index contributed by atoms with van der Waals surface area (Å²) in [7, 11) is 0. The molecule has 1 saturated heterocycles. The first-order valence-corrected chi connectivity index (χ1v) is 6.45. The van der Waals surface area contributed by atoms with E-state index in [1.54, 1.807) is 12.4 Å². The molecule has 1 aromatic heterocycles. The second kappa shape index (κ2) is 7.43. The lowest BCUT2D eigenvalue weighted by Crippen LogP contribution is -2.40. The third-order valence-electron chi connectivity index (χ3n) is 3.12. The maximum atomic E-state index is 9.92. The Morgan fingerprint density at radius 3 is 3.00 bits per heavy atom. The van der Waals surface area contributed by atoms with Crippen molar-refractivity contribution < 1.29 is 9.84 Å². The minimum atomic E-state index is -0.483. The molecule has 2 rings (SSSR count). The van der Waals surface area contributed by atoms with Crippen molar-refractivity contribution >= 4 is 0 Å². The number of morpholine rings is 1. The Bertz CT molecular complexity index is 328. The zero-order valence-corrected chi connectivity index (χ0v) is 10.6. The van der Waals surface area contributed by atoms with E-state index in [0.29, 0.717) is 6.54 Å². The van der Waals surface area contributed by atoms with Crippen molar-refractivity contribution in [2.45, 2.75) is 6.10 Å². The fourth-order valence-electron chi connectivity index (χ4n) is 1.99. The van der Waals surface area contributed by atoms with Crippen LogP contribution in [0.1, 0.15) is 11.7 Å². The van der Waals surface area contributed by atoms with Crippen LogP contribution in [0.3, 0.4) is 0 Å².